The van der Waals surface area contributed by atoms with E-state index in [-0.39, 0.29) is 29.4 Å². The number of nitrogens with one attached hydrogen (secondary N) is 1. The molecule has 0 radical (unpaired) electrons. The number of aromatic nitrogens is 2. The van der Waals surface area contributed by atoms with Crippen LogP contribution in [-0.4, -0.2) is 28.2 Å². The van der Waals surface area contributed by atoms with Crippen LogP contribution in [0.5, 0.6) is 0 Å². The van der Waals surface area contributed by atoms with Crippen molar-refractivity contribution in [1.82, 2.24) is 9.97 Å². The van der Waals surface area contributed by atoms with E-state index in [0.717, 1.165) is 30.6 Å². The number of hydrogen-bond donors (Lipinski definition) is 2. The number of rotatable bonds is 3. The molecule has 0 unspecified atom stereocenters. The minimum Gasteiger partial charge on any atom is -0.367 e. The molecule has 1 fully saturated rings. The SMILES string of the molecule is Cl.N[C@@H]1CC[C@@H](Nc2ncnc3sc(CC(F)(F)F)cc23)C1. The molecule has 22 heavy (non-hydrogen) atoms. The quantitative estimate of drug-likeness (QED) is 0.887. The molecule has 3 N–H and O–H groups in total. The van der Waals surface area contributed by atoms with Crippen LogP contribution in [0.2, 0.25) is 0 Å². The van der Waals surface area contributed by atoms with Gasteiger partial charge in [-0.2, -0.15) is 13.2 Å². The summed E-state index contributed by atoms with van der Waals surface area (Å²) in [6.45, 7) is 0. The Morgan fingerprint density at radius 1 is 1.32 bits per heavy atom. The molecule has 0 amide bonds. The van der Waals surface area contributed by atoms with E-state index < -0.39 is 12.6 Å². The second-order valence-electron chi connectivity index (χ2n) is 5.36. The van der Waals surface area contributed by atoms with Gasteiger partial charge in [0.25, 0.3) is 0 Å². The van der Waals surface area contributed by atoms with Crippen LogP contribution in [0.1, 0.15) is 24.1 Å². The standard InChI is InChI=1S/C13H15F3N4S.ClH/c14-13(15,16)5-9-4-10-11(18-6-19-12(10)21-9)20-8-2-1-7(17)3-8;/h4,6-8H,1-3,5,17H2,(H,18,19,20);1H/t7-,8-;/m1./s1. The zero-order valence-electron chi connectivity index (χ0n) is 11.6. The molecule has 0 saturated heterocycles. The third-order valence-corrected chi connectivity index (χ3v) is 4.61. The smallest absolute Gasteiger partial charge is 0.367 e. The molecule has 122 valence electrons. The Labute approximate surface area is 135 Å². The topological polar surface area (TPSA) is 63.8 Å². The lowest BCUT2D eigenvalue weighted by Crippen LogP contribution is -2.21. The maximum absolute atomic E-state index is 12.5. The van der Waals surface area contributed by atoms with E-state index in [1.807, 2.05) is 0 Å². The Kier molecular flexibility index (Phi) is 5.14. The molecule has 0 bridgehead atoms. The molecule has 2 atom stereocenters. The Hall–Kier alpha value is -1.12. The summed E-state index contributed by atoms with van der Waals surface area (Å²) in [5.74, 6) is 0.601. The Balaban J connectivity index is 0.00000176. The highest BCUT2D eigenvalue weighted by atomic mass is 35.5. The highest BCUT2D eigenvalue weighted by Gasteiger charge is 2.29. The maximum atomic E-state index is 12.5. The van der Waals surface area contributed by atoms with Crippen molar-refractivity contribution in [3.05, 3.63) is 17.3 Å². The van der Waals surface area contributed by atoms with Crippen molar-refractivity contribution in [2.75, 3.05) is 5.32 Å². The predicted octanol–water partition coefficient (Wildman–Crippen LogP) is 3.51. The monoisotopic (exact) mass is 352 g/mol. The van der Waals surface area contributed by atoms with E-state index in [0.29, 0.717) is 16.0 Å². The number of hydrogen-bond acceptors (Lipinski definition) is 5. The van der Waals surface area contributed by atoms with Gasteiger partial charge in [0.05, 0.1) is 11.8 Å². The third-order valence-electron chi connectivity index (χ3n) is 3.57. The summed E-state index contributed by atoms with van der Waals surface area (Å²) in [6.07, 6.45) is -0.999. The molecule has 2 heterocycles. The van der Waals surface area contributed by atoms with Crippen LogP contribution in [-0.2, 0) is 6.42 Å². The molecule has 2 aromatic rings. The van der Waals surface area contributed by atoms with Gasteiger partial charge in [0.15, 0.2) is 0 Å². The molecule has 2 aromatic heterocycles. The first-order chi connectivity index (χ1) is 9.90. The summed E-state index contributed by atoms with van der Waals surface area (Å²) in [5, 5.41) is 3.94. The first-order valence-corrected chi connectivity index (χ1v) is 7.54. The largest absolute Gasteiger partial charge is 0.393 e. The summed E-state index contributed by atoms with van der Waals surface area (Å²) in [6, 6.07) is 1.94. The summed E-state index contributed by atoms with van der Waals surface area (Å²) in [5.41, 5.74) is 5.87. The lowest BCUT2D eigenvalue weighted by atomic mass is 10.2. The number of halogens is 4. The molecule has 0 aromatic carbocycles. The van der Waals surface area contributed by atoms with Crippen molar-refractivity contribution in [1.29, 1.82) is 0 Å². The second-order valence-corrected chi connectivity index (χ2v) is 6.48. The zero-order chi connectivity index (χ0) is 15.0. The number of fused-ring (bicyclic) bond motifs is 1. The molecular formula is C13H16ClF3N4S. The van der Waals surface area contributed by atoms with Crippen LogP contribution in [0.3, 0.4) is 0 Å². The summed E-state index contributed by atoms with van der Waals surface area (Å²) in [7, 11) is 0. The van der Waals surface area contributed by atoms with Crippen molar-refractivity contribution >= 4 is 39.8 Å². The molecule has 0 aliphatic heterocycles. The third kappa shape index (κ3) is 3.99. The maximum Gasteiger partial charge on any atom is 0.393 e. The predicted molar refractivity (Wildman–Crippen MR) is 83.7 cm³/mol. The minimum atomic E-state index is -4.21. The molecular weight excluding hydrogens is 337 g/mol. The van der Waals surface area contributed by atoms with E-state index in [1.54, 1.807) is 0 Å². The average Bonchev–Trinajstić information content (AvgIpc) is 2.94. The van der Waals surface area contributed by atoms with Crippen LogP contribution in [0.4, 0.5) is 19.0 Å². The van der Waals surface area contributed by atoms with Crippen molar-refractivity contribution in [2.45, 2.75) is 43.9 Å². The fourth-order valence-electron chi connectivity index (χ4n) is 2.65. The second kappa shape index (κ2) is 6.55. The molecule has 1 saturated carbocycles. The van der Waals surface area contributed by atoms with Crippen LogP contribution in [0, 0.1) is 0 Å². The number of nitrogens with two attached hydrogens (primary N) is 1. The van der Waals surface area contributed by atoms with Crippen LogP contribution < -0.4 is 11.1 Å². The van der Waals surface area contributed by atoms with Crippen molar-refractivity contribution < 1.29 is 13.2 Å². The van der Waals surface area contributed by atoms with Crippen molar-refractivity contribution in [3.8, 4) is 0 Å². The summed E-state index contributed by atoms with van der Waals surface area (Å²) >= 11 is 1.06. The normalized spacial score (nSPS) is 21.8. The highest BCUT2D eigenvalue weighted by molar-refractivity contribution is 7.18. The molecule has 0 spiro atoms. The van der Waals surface area contributed by atoms with Gasteiger partial charge in [-0.05, 0) is 25.3 Å². The Morgan fingerprint density at radius 3 is 2.73 bits per heavy atom. The number of thiophene rings is 1. The van der Waals surface area contributed by atoms with E-state index in [4.69, 9.17) is 5.73 Å². The van der Waals surface area contributed by atoms with Crippen molar-refractivity contribution in [3.63, 3.8) is 0 Å². The van der Waals surface area contributed by atoms with E-state index in [1.165, 1.54) is 12.4 Å². The number of nitrogens with zero attached hydrogens (tertiary/aromatic N) is 2. The molecule has 1 aliphatic carbocycles. The highest BCUT2D eigenvalue weighted by Crippen LogP contribution is 2.33. The number of alkyl halides is 3. The Bertz CT molecular complexity index is 646. The van der Waals surface area contributed by atoms with Gasteiger partial charge >= 0.3 is 6.18 Å². The first kappa shape index (κ1) is 17.2. The van der Waals surface area contributed by atoms with Crippen LogP contribution in [0.25, 0.3) is 10.2 Å². The lowest BCUT2D eigenvalue weighted by molar-refractivity contribution is -0.126. The van der Waals surface area contributed by atoms with E-state index in [9.17, 15) is 13.2 Å². The molecule has 4 nitrogen and oxygen atoms in total. The molecule has 1 aliphatic rings. The van der Waals surface area contributed by atoms with Gasteiger partial charge < -0.3 is 11.1 Å². The zero-order valence-corrected chi connectivity index (χ0v) is 13.2. The van der Waals surface area contributed by atoms with Crippen molar-refractivity contribution in [2.24, 2.45) is 5.73 Å². The van der Waals surface area contributed by atoms with Gasteiger partial charge in [-0.25, -0.2) is 9.97 Å². The van der Waals surface area contributed by atoms with Gasteiger partial charge in [0.1, 0.15) is 17.0 Å². The van der Waals surface area contributed by atoms with Gasteiger partial charge in [0, 0.05) is 17.0 Å². The fourth-order valence-corrected chi connectivity index (χ4v) is 3.67. The lowest BCUT2D eigenvalue weighted by Gasteiger charge is -2.13. The van der Waals surface area contributed by atoms with Gasteiger partial charge in [-0.15, -0.1) is 23.7 Å². The number of anilines is 1. The Morgan fingerprint density at radius 2 is 2.09 bits per heavy atom. The van der Waals surface area contributed by atoms with Gasteiger partial charge in [-0.3, -0.25) is 0 Å². The van der Waals surface area contributed by atoms with Crippen LogP contribution >= 0.6 is 23.7 Å². The van der Waals surface area contributed by atoms with Gasteiger partial charge in [0.2, 0.25) is 0 Å². The van der Waals surface area contributed by atoms with E-state index in [2.05, 4.69) is 15.3 Å². The summed E-state index contributed by atoms with van der Waals surface area (Å²) in [4.78, 5) is 9.06. The fraction of sp³-hybridized carbons (Fsp3) is 0.538. The first-order valence-electron chi connectivity index (χ1n) is 6.73. The molecule has 3 rings (SSSR count). The van der Waals surface area contributed by atoms with E-state index >= 15 is 0 Å². The van der Waals surface area contributed by atoms with Gasteiger partial charge in [-0.1, -0.05) is 0 Å². The average molecular weight is 353 g/mol. The molecule has 9 heteroatoms. The summed E-state index contributed by atoms with van der Waals surface area (Å²) < 4.78 is 37.4. The minimum absolute atomic E-state index is 0. The van der Waals surface area contributed by atoms with Crippen LogP contribution in [0.15, 0.2) is 12.4 Å².